The van der Waals surface area contributed by atoms with Crippen molar-refractivity contribution in [3.05, 3.63) is 59.2 Å². The fourth-order valence-electron chi connectivity index (χ4n) is 1.77. The lowest BCUT2D eigenvalue weighted by Gasteiger charge is -2.13. The fraction of sp³-hybridized carbons (Fsp3) is 0.143. The average Bonchev–Trinajstić information content (AvgIpc) is 2.41. The van der Waals surface area contributed by atoms with Gasteiger partial charge in [-0.1, -0.05) is 6.07 Å². The number of hydrogen-bond donors (Lipinski definition) is 0. The summed E-state index contributed by atoms with van der Waals surface area (Å²) >= 11 is 0. The molecule has 0 spiro atoms. The van der Waals surface area contributed by atoms with Gasteiger partial charge in [0.25, 0.3) is 0 Å². The van der Waals surface area contributed by atoms with Gasteiger partial charge in [-0.3, -0.25) is 0 Å². The molecule has 0 aromatic heterocycles. The maximum absolute atomic E-state index is 13.4. The number of alkyl halides is 3. The minimum absolute atomic E-state index is 0.176. The van der Waals surface area contributed by atoms with Gasteiger partial charge in [0.05, 0.1) is 5.56 Å². The monoisotopic (exact) mass is 352 g/mol. The largest absolute Gasteiger partial charge is 0.416 e. The lowest BCUT2D eigenvalue weighted by atomic mass is 10.1. The molecule has 0 atom stereocenters. The summed E-state index contributed by atoms with van der Waals surface area (Å²) in [5.74, 6) is -3.07. The summed E-state index contributed by atoms with van der Waals surface area (Å²) in [6.07, 6.45) is -4.75. The van der Waals surface area contributed by atoms with Crippen LogP contribution < -0.4 is 4.18 Å². The molecule has 0 heterocycles. The van der Waals surface area contributed by atoms with Crippen LogP contribution in [-0.2, 0) is 16.3 Å². The van der Waals surface area contributed by atoms with Gasteiger partial charge >= 0.3 is 16.3 Å². The number of benzene rings is 2. The van der Waals surface area contributed by atoms with Gasteiger partial charge in [-0.15, -0.1) is 0 Å². The molecule has 0 unspecified atom stereocenters. The summed E-state index contributed by atoms with van der Waals surface area (Å²) in [6.45, 7) is 1.17. The van der Waals surface area contributed by atoms with Gasteiger partial charge in [-0.2, -0.15) is 21.6 Å². The average molecular weight is 352 g/mol. The van der Waals surface area contributed by atoms with Gasteiger partial charge in [0, 0.05) is 6.07 Å². The van der Waals surface area contributed by atoms with E-state index in [1.54, 1.807) is 0 Å². The molecule has 0 amide bonds. The Morgan fingerprint density at radius 1 is 1.00 bits per heavy atom. The molecular weight excluding hydrogens is 343 g/mol. The van der Waals surface area contributed by atoms with Gasteiger partial charge < -0.3 is 4.18 Å². The zero-order valence-corrected chi connectivity index (χ0v) is 12.3. The zero-order valence-electron chi connectivity index (χ0n) is 11.5. The standard InChI is InChI=1S/C14H9F5O3S/c1-8-2-4-10(7-11(8)14(17,18)19)23(20,21)22-13-5-3-9(15)6-12(13)16/h2-7H,1H3. The third kappa shape index (κ3) is 3.79. The Bertz CT molecular complexity index is 844. The van der Waals surface area contributed by atoms with Crippen molar-refractivity contribution in [1.29, 1.82) is 0 Å². The molecule has 9 heteroatoms. The molecule has 3 nitrogen and oxygen atoms in total. The van der Waals surface area contributed by atoms with E-state index < -0.39 is 44.1 Å². The van der Waals surface area contributed by atoms with E-state index in [1.165, 1.54) is 6.92 Å². The first kappa shape index (κ1) is 17.2. The highest BCUT2D eigenvalue weighted by Crippen LogP contribution is 2.34. The van der Waals surface area contributed by atoms with Gasteiger partial charge in [0.1, 0.15) is 10.7 Å². The van der Waals surface area contributed by atoms with Crippen LogP contribution in [0.2, 0.25) is 0 Å². The Balaban J connectivity index is 2.44. The highest BCUT2D eigenvalue weighted by atomic mass is 32.2. The van der Waals surface area contributed by atoms with Crippen LogP contribution in [0.1, 0.15) is 11.1 Å². The van der Waals surface area contributed by atoms with Crippen molar-refractivity contribution >= 4 is 10.1 Å². The molecule has 124 valence electrons. The maximum atomic E-state index is 13.4. The predicted molar refractivity (Wildman–Crippen MR) is 70.4 cm³/mol. The molecule has 0 N–H and O–H groups in total. The highest BCUT2D eigenvalue weighted by molar-refractivity contribution is 7.87. The smallest absolute Gasteiger partial charge is 0.376 e. The molecule has 23 heavy (non-hydrogen) atoms. The fourth-order valence-corrected chi connectivity index (χ4v) is 2.74. The van der Waals surface area contributed by atoms with E-state index >= 15 is 0 Å². The van der Waals surface area contributed by atoms with E-state index in [4.69, 9.17) is 0 Å². The number of halogens is 5. The molecule has 0 saturated carbocycles. The summed E-state index contributed by atoms with van der Waals surface area (Å²) in [7, 11) is -4.71. The van der Waals surface area contributed by atoms with Crippen LogP contribution in [0.3, 0.4) is 0 Å². The number of hydrogen-bond acceptors (Lipinski definition) is 3. The molecule has 0 saturated heterocycles. The van der Waals surface area contributed by atoms with Crippen molar-refractivity contribution in [2.75, 3.05) is 0 Å². The summed E-state index contributed by atoms with van der Waals surface area (Å²) in [6, 6.07) is 4.12. The second-order valence-corrected chi connectivity index (χ2v) is 6.13. The van der Waals surface area contributed by atoms with Crippen molar-refractivity contribution in [3.63, 3.8) is 0 Å². The van der Waals surface area contributed by atoms with E-state index in [1.807, 2.05) is 0 Å². The summed E-state index contributed by atoms with van der Waals surface area (Å²) in [5.41, 5.74) is -1.33. The topological polar surface area (TPSA) is 43.4 Å². The Morgan fingerprint density at radius 2 is 1.65 bits per heavy atom. The van der Waals surface area contributed by atoms with Crippen molar-refractivity contribution in [2.24, 2.45) is 0 Å². The first-order chi connectivity index (χ1) is 10.5. The van der Waals surface area contributed by atoms with Crippen molar-refractivity contribution < 1.29 is 34.6 Å². The predicted octanol–water partition coefficient (Wildman–Crippen LogP) is 4.06. The molecule has 0 fully saturated rings. The molecule has 0 aliphatic heterocycles. The van der Waals surface area contributed by atoms with Crippen molar-refractivity contribution in [2.45, 2.75) is 18.0 Å². The molecule has 2 aromatic carbocycles. The molecular formula is C14H9F5O3S. The van der Waals surface area contributed by atoms with E-state index in [-0.39, 0.29) is 5.56 Å². The van der Waals surface area contributed by atoms with Gasteiger partial charge in [0.2, 0.25) is 0 Å². The zero-order chi connectivity index (χ0) is 17.4. The third-order valence-corrected chi connectivity index (χ3v) is 4.13. The Hall–Kier alpha value is -2.16. The van der Waals surface area contributed by atoms with E-state index in [0.717, 1.165) is 24.3 Å². The van der Waals surface area contributed by atoms with Crippen LogP contribution in [0.25, 0.3) is 0 Å². The normalized spacial score (nSPS) is 12.3. The quantitative estimate of drug-likeness (QED) is 0.618. The van der Waals surface area contributed by atoms with Crippen molar-refractivity contribution in [3.8, 4) is 5.75 Å². The summed E-state index contributed by atoms with van der Waals surface area (Å²) in [4.78, 5) is -0.792. The van der Waals surface area contributed by atoms with E-state index in [0.29, 0.717) is 12.1 Å². The molecule has 0 aliphatic rings. The van der Waals surface area contributed by atoms with Gasteiger partial charge in [-0.05, 0) is 36.8 Å². The van der Waals surface area contributed by atoms with Crippen LogP contribution >= 0.6 is 0 Å². The second kappa shape index (κ2) is 5.80. The van der Waals surface area contributed by atoms with Crippen molar-refractivity contribution in [1.82, 2.24) is 0 Å². The van der Waals surface area contributed by atoms with Crippen LogP contribution in [0.4, 0.5) is 22.0 Å². The first-order valence-electron chi connectivity index (χ1n) is 6.08. The number of aryl methyl sites for hydroxylation is 1. The summed E-state index contributed by atoms with van der Waals surface area (Å²) in [5, 5.41) is 0. The van der Waals surface area contributed by atoms with E-state index in [9.17, 15) is 30.4 Å². The van der Waals surface area contributed by atoms with Gasteiger partial charge in [-0.25, -0.2) is 8.78 Å². The SMILES string of the molecule is Cc1ccc(S(=O)(=O)Oc2ccc(F)cc2F)cc1C(F)(F)F. The minimum Gasteiger partial charge on any atom is -0.376 e. The van der Waals surface area contributed by atoms with Crippen LogP contribution in [0.5, 0.6) is 5.75 Å². The molecule has 2 aromatic rings. The summed E-state index contributed by atoms with van der Waals surface area (Å²) < 4.78 is 93.0. The third-order valence-electron chi connectivity index (χ3n) is 2.90. The molecule has 0 radical (unpaired) electrons. The first-order valence-corrected chi connectivity index (χ1v) is 7.49. The highest BCUT2D eigenvalue weighted by Gasteiger charge is 2.34. The lowest BCUT2D eigenvalue weighted by molar-refractivity contribution is -0.138. The maximum Gasteiger partial charge on any atom is 0.416 e. The minimum atomic E-state index is -4.75. The Labute approximate surface area is 128 Å². The molecule has 0 bridgehead atoms. The Morgan fingerprint density at radius 3 is 2.22 bits per heavy atom. The lowest BCUT2D eigenvalue weighted by Crippen LogP contribution is -2.14. The van der Waals surface area contributed by atoms with Crippen LogP contribution in [-0.4, -0.2) is 8.42 Å². The molecule has 0 aliphatic carbocycles. The second-order valence-electron chi connectivity index (χ2n) is 4.59. The van der Waals surface area contributed by atoms with E-state index in [2.05, 4.69) is 4.18 Å². The molecule has 2 rings (SSSR count). The van der Waals surface area contributed by atoms with Gasteiger partial charge in [0.15, 0.2) is 11.6 Å². The Kier molecular flexibility index (Phi) is 4.34. The van der Waals surface area contributed by atoms with Crippen LogP contribution in [0.15, 0.2) is 41.3 Å². The number of rotatable bonds is 3. The van der Waals surface area contributed by atoms with Crippen LogP contribution in [0, 0.1) is 18.6 Å².